The first kappa shape index (κ1) is 9.61. The van der Waals surface area contributed by atoms with Crippen LogP contribution in [0.2, 0.25) is 0 Å². The molecule has 0 amide bonds. The van der Waals surface area contributed by atoms with Crippen LogP contribution in [-0.4, -0.2) is 16.1 Å². The van der Waals surface area contributed by atoms with Crippen LogP contribution in [-0.2, 0) is 0 Å². The van der Waals surface area contributed by atoms with E-state index in [0.29, 0.717) is 6.04 Å². The van der Waals surface area contributed by atoms with E-state index in [-0.39, 0.29) is 0 Å². The second-order valence-electron chi connectivity index (χ2n) is 2.74. The van der Waals surface area contributed by atoms with Gasteiger partial charge < -0.3 is 5.32 Å². The summed E-state index contributed by atoms with van der Waals surface area (Å²) in [5.74, 6) is 0. The highest BCUT2D eigenvalue weighted by Gasteiger charge is 2.09. The molecule has 1 heterocycles. The number of nitrogens with one attached hydrogen (secondary N) is 1. The van der Waals surface area contributed by atoms with Gasteiger partial charge >= 0.3 is 0 Å². The summed E-state index contributed by atoms with van der Waals surface area (Å²) in [6.07, 6.45) is 2.24. The van der Waals surface area contributed by atoms with Crippen LogP contribution in [0.15, 0.2) is 5.38 Å². The Morgan fingerprint density at radius 2 is 2.42 bits per heavy atom. The van der Waals surface area contributed by atoms with E-state index in [1.165, 1.54) is 11.5 Å². The summed E-state index contributed by atoms with van der Waals surface area (Å²) in [5, 5.41) is 9.48. The average molecular weight is 185 g/mol. The highest BCUT2D eigenvalue weighted by molar-refractivity contribution is 7.03. The molecular weight excluding hydrogens is 170 g/mol. The molecule has 12 heavy (non-hydrogen) atoms. The topological polar surface area (TPSA) is 37.8 Å². The van der Waals surface area contributed by atoms with E-state index in [1.54, 1.807) is 0 Å². The average Bonchev–Trinajstić information content (AvgIpc) is 2.59. The lowest BCUT2D eigenvalue weighted by Crippen LogP contribution is -2.21. The van der Waals surface area contributed by atoms with Crippen LogP contribution in [0.3, 0.4) is 0 Å². The van der Waals surface area contributed by atoms with Gasteiger partial charge in [0.1, 0.15) is 0 Å². The minimum Gasteiger partial charge on any atom is -0.309 e. The molecule has 1 aromatic heterocycles. The lowest BCUT2D eigenvalue weighted by atomic mass is 10.2. The van der Waals surface area contributed by atoms with E-state index in [0.717, 1.165) is 25.1 Å². The smallest absolute Gasteiger partial charge is 0.0924 e. The number of rotatable bonds is 5. The van der Waals surface area contributed by atoms with E-state index in [2.05, 4.69) is 28.8 Å². The fourth-order valence-corrected chi connectivity index (χ4v) is 1.61. The van der Waals surface area contributed by atoms with Crippen molar-refractivity contribution in [2.45, 2.75) is 32.7 Å². The minimum atomic E-state index is 0.392. The SMILES string of the molecule is CCCNC(CC)c1csnn1. The van der Waals surface area contributed by atoms with Crippen molar-refractivity contribution in [2.24, 2.45) is 0 Å². The van der Waals surface area contributed by atoms with Gasteiger partial charge in [-0.3, -0.25) is 0 Å². The molecule has 1 aromatic rings. The fraction of sp³-hybridized carbons (Fsp3) is 0.750. The first-order valence-electron chi connectivity index (χ1n) is 4.38. The molecule has 1 rings (SSSR count). The van der Waals surface area contributed by atoms with Gasteiger partial charge in [0.25, 0.3) is 0 Å². The van der Waals surface area contributed by atoms with Crippen LogP contribution in [0, 0.1) is 0 Å². The molecule has 1 atom stereocenters. The largest absolute Gasteiger partial charge is 0.309 e. The Labute approximate surface area is 77.4 Å². The lowest BCUT2D eigenvalue weighted by molar-refractivity contribution is 0.506. The third-order valence-electron chi connectivity index (χ3n) is 1.78. The maximum absolute atomic E-state index is 4.05. The molecule has 1 N–H and O–H groups in total. The Kier molecular flexibility index (Phi) is 4.18. The van der Waals surface area contributed by atoms with Gasteiger partial charge in [-0.2, -0.15) is 0 Å². The predicted molar refractivity (Wildman–Crippen MR) is 51.2 cm³/mol. The third kappa shape index (κ3) is 2.53. The summed E-state index contributed by atoms with van der Waals surface area (Å²) in [7, 11) is 0. The quantitative estimate of drug-likeness (QED) is 0.762. The molecule has 0 aromatic carbocycles. The molecule has 0 saturated carbocycles. The third-order valence-corrected chi connectivity index (χ3v) is 2.31. The lowest BCUT2D eigenvalue weighted by Gasteiger charge is -2.12. The van der Waals surface area contributed by atoms with Crippen LogP contribution < -0.4 is 5.32 Å². The molecule has 0 radical (unpaired) electrons. The summed E-state index contributed by atoms with van der Waals surface area (Å²) in [6.45, 7) is 5.38. The van der Waals surface area contributed by atoms with Crippen molar-refractivity contribution in [3.8, 4) is 0 Å². The van der Waals surface area contributed by atoms with Gasteiger partial charge in [0.2, 0.25) is 0 Å². The van der Waals surface area contributed by atoms with Gasteiger partial charge in [-0.1, -0.05) is 18.3 Å². The molecule has 0 saturated heterocycles. The van der Waals surface area contributed by atoms with Gasteiger partial charge in [-0.25, -0.2) is 0 Å². The van der Waals surface area contributed by atoms with Gasteiger partial charge in [-0.05, 0) is 30.9 Å². The van der Waals surface area contributed by atoms with Crippen LogP contribution in [0.5, 0.6) is 0 Å². The summed E-state index contributed by atoms with van der Waals surface area (Å²) in [5.41, 5.74) is 1.08. The molecule has 1 unspecified atom stereocenters. The van der Waals surface area contributed by atoms with Crippen molar-refractivity contribution in [1.82, 2.24) is 14.9 Å². The second-order valence-corrected chi connectivity index (χ2v) is 3.35. The van der Waals surface area contributed by atoms with E-state index in [4.69, 9.17) is 0 Å². The van der Waals surface area contributed by atoms with E-state index >= 15 is 0 Å². The highest BCUT2D eigenvalue weighted by atomic mass is 32.1. The molecule has 0 aliphatic rings. The molecule has 0 fully saturated rings. The Hall–Kier alpha value is -0.480. The zero-order chi connectivity index (χ0) is 8.81. The predicted octanol–water partition coefficient (Wildman–Crippen LogP) is 1.99. The summed E-state index contributed by atoms with van der Waals surface area (Å²) in [6, 6.07) is 0.392. The number of aromatic nitrogens is 2. The maximum atomic E-state index is 4.05. The minimum absolute atomic E-state index is 0.392. The molecule has 0 bridgehead atoms. The van der Waals surface area contributed by atoms with Crippen LogP contribution in [0.25, 0.3) is 0 Å². The normalized spacial score (nSPS) is 13.2. The molecule has 3 nitrogen and oxygen atoms in total. The molecule has 68 valence electrons. The van der Waals surface area contributed by atoms with Gasteiger partial charge in [0.15, 0.2) is 0 Å². The Bertz CT molecular complexity index is 198. The fourth-order valence-electron chi connectivity index (χ4n) is 1.10. The maximum Gasteiger partial charge on any atom is 0.0924 e. The summed E-state index contributed by atoms with van der Waals surface area (Å²) < 4.78 is 3.85. The number of hydrogen-bond donors (Lipinski definition) is 1. The van der Waals surface area contributed by atoms with Crippen LogP contribution in [0.4, 0.5) is 0 Å². The van der Waals surface area contributed by atoms with Gasteiger partial charge in [0.05, 0.1) is 11.7 Å². The zero-order valence-corrected chi connectivity index (χ0v) is 8.40. The highest BCUT2D eigenvalue weighted by Crippen LogP contribution is 2.14. The first-order valence-corrected chi connectivity index (χ1v) is 5.22. The van der Waals surface area contributed by atoms with Crippen molar-refractivity contribution in [2.75, 3.05) is 6.54 Å². The van der Waals surface area contributed by atoms with Crippen LogP contribution in [0.1, 0.15) is 38.4 Å². The van der Waals surface area contributed by atoms with Gasteiger partial charge in [-0.15, -0.1) is 5.10 Å². The van der Waals surface area contributed by atoms with Crippen molar-refractivity contribution < 1.29 is 0 Å². The van der Waals surface area contributed by atoms with Gasteiger partial charge in [0, 0.05) is 5.38 Å². The standard InChI is InChI=1S/C8H15N3S/c1-3-5-9-7(4-2)8-6-12-11-10-8/h6-7,9H,3-5H2,1-2H3. The molecule has 0 spiro atoms. The Morgan fingerprint density at radius 1 is 1.58 bits per heavy atom. The van der Waals surface area contributed by atoms with E-state index < -0.39 is 0 Å². The monoisotopic (exact) mass is 185 g/mol. The molecular formula is C8H15N3S. The molecule has 0 aliphatic carbocycles. The van der Waals surface area contributed by atoms with Crippen molar-refractivity contribution in [1.29, 1.82) is 0 Å². The second kappa shape index (κ2) is 5.22. The Morgan fingerprint density at radius 3 is 2.92 bits per heavy atom. The zero-order valence-electron chi connectivity index (χ0n) is 7.58. The van der Waals surface area contributed by atoms with E-state index in [9.17, 15) is 0 Å². The molecule has 4 heteroatoms. The summed E-state index contributed by atoms with van der Waals surface area (Å²) >= 11 is 1.42. The molecule has 0 aliphatic heterocycles. The van der Waals surface area contributed by atoms with E-state index in [1.807, 2.05) is 5.38 Å². The Balaban J connectivity index is 2.45. The number of nitrogens with zero attached hydrogens (tertiary/aromatic N) is 2. The summed E-state index contributed by atoms with van der Waals surface area (Å²) in [4.78, 5) is 0. The van der Waals surface area contributed by atoms with Crippen molar-refractivity contribution >= 4 is 11.5 Å². The van der Waals surface area contributed by atoms with Crippen LogP contribution >= 0.6 is 11.5 Å². The van der Waals surface area contributed by atoms with Crippen molar-refractivity contribution in [3.05, 3.63) is 11.1 Å². The van der Waals surface area contributed by atoms with Crippen molar-refractivity contribution in [3.63, 3.8) is 0 Å². The first-order chi connectivity index (χ1) is 5.88. The number of hydrogen-bond acceptors (Lipinski definition) is 4.